The third-order valence-electron chi connectivity index (χ3n) is 5.54. The Morgan fingerprint density at radius 1 is 1.03 bits per heavy atom. The van der Waals surface area contributed by atoms with Crippen LogP contribution in [0.5, 0.6) is 0 Å². The molecule has 0 fully saturated rings. The monoisotopic (exact) mass is 390 g/mol. The van der Waals surface area contributed by atoms with Crippen LogP contribution in [0.3, 0.4) is 0 Å². The van der Waals surface area contributed by atoms with E-state index in [2.05, 4.69) is 34.4 Å². The Kier molecular flexibility index (Phi) is 5.11. The lowest BCUT2D eigenvalue weighted by Gasteiger charge is -2.30. The Morgan fingerprint density at radius 2 is 1.72 bits per heavy atom. The van der Waals surface area contributed by atoms with Crippen molar-refractivity contribution in [3.05, 3.63) is 59.3 Å². The first-order valence-electron chi connectivity index (χ1n) is 9.97. The van der Waals surface area contributed by atoms with Gasteiger partial charge in [0.1, 0.15) is 0 Å². The summed E-state index contributed by atoms with van der Waals surface area (Å²) in [4.78, 5) is 29.8. The number of urea groups is 1. The maximum atomic E-state index is 12.4. The number of rotatable bonds is 4. The molecule has 6 nitrogen and oxygen atoms in total. The van der Waals surface area contributed by atoms with Crippen LogP contribution in [0.4, 0.5) is 16.2 Å². The summed E-state index contributed by atoms with van der Waals surface area (Å²) >= 11 is 0. The molecular weight excluding hydrogens is 364 g/mol. The number of hydrogen-bond acceptors (Lipinski definition) is 3. The Morgan fingerprint density at radius 3 is 2.41 bits per heavy atom. The average Bonchev–Trinajstić information content (AvgIpc) is 3.05. The van der Waals surface area contributed by atoms with Crippen molar-refractivity contribution in [3.8, 4) is 0 Å². The number of amides is 2. The van der Waals surface area contributed by atoms with E-state index in [4.69, 9.17) is 0 Å². The molecule has 1 aliphatic heterocycles. The van der Waals surface area contributed by atoms with Gasteiger partial charge in [-0.15, -0.1) is 0 Å². The van der Waals surface area contributed by atoms with Crippen LogP contribution in [0.15, 0.2) is 42.5 Å². The first kappa shape index (κ1) is 19.2. The molecular formula is C23H26N4O2. The number of carbonyl (C=O) groups is 2. The summed E-state index contributed by atoms with van der Waals surface area (Å²) < 4.78 is 0. The molecule has 2 aromatic carbocycles. The van der Waals surface area contributed by atoms with E-state index < -0.39 is 0 Å². The second-order valence-electron chi connectivity index (χ2n) is 7.87. The summed E-state index contributed by atoms with van der Waals surface area (Å²) in [5.74, 6) is 0.000158. The van der Waals surface area contributed by atoms with Crippen molar-refractivity contribution in [3.63, 3.8) is 0 Å². The number of aromatic nitrogens is 1. The van der Waals surface area contributed by atoms with Gasteiger partial charge in [0.05, 0.1) is 0 Å². The number of hydrogen-bond donors (Lipinski definition) is 3. The average molecular weight is 390 g/mol. The highest BCUT2D eigenvalue weighted by Gasteiger charge is 2.22. The van der Waals surface area contributed by atoms with Crippen LogP contribution in [0.25, 0.3) is 10.9 Å². The summed E-state index contributed by atoms with van der Waals surface area (Å²) in [6.07, 6.45) is 1.02. The quantitative estimate of drug-likeness (QED) is 0.561. The first-order chi connectivity index (χ1) is 13.9. The van der Waals surface area contributed by atoms with E-state index in [1.807, 2.05) is 18.2 Å². The molecule has 0 saturated carbocycles. The molecule has 150 valence electrons. The molecule has 1 aliphatic rings. The molecule has 6 heteroatoms. The SMILES string of the molecule is CC(=O)c1ccc(NC(=O)Nc2ccc3[nH]c4c(c3c2)CN(C(C)C)CC4)cc1. The van der Waals surface area contributed by atoms with Crippen molar-refractivity contribution in [1.29, 1.82) is 0 Å². The summed E-state index contributed by atoms with van der Waals surface area (Å²) in [6, 6.07) is 13.0. The van der Waals surface area contributed by atoms with Gasteiger partial charge in [-0.05, 0) is 68.8 Å². The molecule has 0 saturated heterocycles. The van der Waals surface area contributed by atoms with Gasteiger partial charge >= 0.3 is 6.03 Å². The Hall–Kier alpha value is -3.12. The number of benzene rings is 2. The van der Waals surface area contributed by atoms with Crippen LogP contribution in [-0.4, -0.2) is 34.3 Å². The highest BCUT2D eigenvalue weighted by atomic mass is 16.2. The zero-order chi connectivity index (χ0) is 20.5. The molecule has 2 heterocycles. The molecule has 0 atom stereocenters. The lowest BCUT2D eigenvalue weighted by atomic mass is 10.0. The van der Waals surface area contributed by atoms with Crippen LogP contribution in [0, 0.1) is 0 Å². The van der Waals surface area contributed by atoms with Crippen molar-refractivity contribution in [2.24, 2.45) is 0 Å². The Labute approximate surface area is 170 Å². The molecule has 0 bridgehead atoms. The highest BCUT2D eigenvalue weighted by molar-refractivity contribution is 6.02. The van der Waals surface area contributed by atoms with Crippen LogP contribution in [0.1, 0.15) is 42.4 Å². The van der Waals surface area contributed by atoms with Gasteiger partial charge < -0.3 is 15.6 Å². The number of nitrogens with zero attached hydrogens (tertiary/aromatic N) is 1. The minimum atomic E-state index is -0.312. The van der Waals surface area contributed by atoms with Crippen molar-refractivity contribution < 1.29 is 9.59 Å². The maximum absolute atomic E-state index is 12.4. The molecule has 4 rings (SSSR count). The fraction of sp³-hybridized carbons (Fsp3) is 0.304. The highest BCUT2D eigenvalue weighted by Crippen LogP contribution is 2.30. The standard InChI is InChI=1S/C23H26N4O2/c1-14(2)27-11-10-22-20(13-27)19-12-18(8-9-21(19)26-22)25-23(29)24-17-6-4-16(5-7-17)15(3)28/h4-9,12,14,26H,10-11,13H2,1-3H3,(H2,24,25,29). The number of aromatic amines is 1. The summed E-state index contributed by atoms with van der Waals surface area (Å²) in [5, 5.41) is 6.87. The van der Waals surface area contributed by atoms with Gasteiger partial charge in [-0.3, -0.25) is 9.69 Å². The van der Waals surface area contributed by atoms with Gasteiger partial charge in [0, 0.05) is 59.1 Å². The van der Waals surface area contributed by atoms with E-state index >= 15 is 0 Å². The Bertz CT molecular complexity index is 1070. The van der Waals surface area contributed by atoms with E-state index in [-0.39, 0.29) is 11.8 Å². The normalized spacial score (nSPS) is 14.1. The third kappa shape index (κ3) is 4.03. The number of nitrogens with one attached hydrogen (secondary N) is 3. The summed E-state index contributed by atoms with van der Waals surface area (Å²) in [5.41, 5.74) is 5.73. The molecule has 29 heavy (non-hydrogen) atoms. The van der Waals surface area contributed by atoms with E-state index in [1.54, 1.807) is 24.3 Å². The zero-order valence-corrected chi connectivity index (χ0v) is 17.0. The van der Waals surface area contributed by atoms with Crippen molar-refractivity contribution >= 4 is 34.1 Å². The molecule has 2 amide bonds. The molecule has 0 unspecified atom stereocenters. The fourth-order valence-electron chi connectivity index (χ4n) is 3.84. The second-order valence-corrected chi connectivity index (χ2v) is 7.87. The molecule has 1 aromatic heterocycles. The van der Waals surface area contributed by atoms with Crippen molar-refractivity contribution in [2.45, 2.75) is 39.8 Å². The zero-order valence-electron chi connectivity index (χ0n) is 17.0. The van der Waals surface area contributed by atoms with Crippen molar-refractivity contribution in [2.75, 3.05) is 17.2 Å². The van der Waals surface area contributed by atoms with Gasteiger partial charge in [0.2, 0.25) is 0 Å². The molecule has 3 aromatic rings. The minimum absolute atomic E-state index is 0.000158. The summed E-state index contributed by atoms with van der Waals surface area (Å²) in [7, 11) is 0. The molecule has 0 aliphatic carbocycles. The molecule has 0 spiro atoms. The van der Waals surface area contributed by atoms with E-state index in [1.165, 1.54) is 18.2 Å². The fourth-order valence-corrected chi connectivity index (χ4v) is 3.84. The van der Waals surface area contributed by atoms with E-state index in [9.17, 15) is 9.59 Å². The lowest BCUT2D eigenvalue weighted by Crippen LogP contribution is -2.35. The number of anilines is 2. The smallest absolute Gasteiger partial charge is 0.323 e. The van der Waals surface area contributed by atoms with Crippen molar-refractivity contribution in [1.82, 2.24) is 9.88 Å². The van der Waals surface area contributed by atoms with Gasteiger partial charge in [0.25, 0.3) is 0 Å². The second kappa shape index (κ2) is 7.72. The maximum Gasteiger partial charge on any atom is 0.323 e. The Balaban J connectivity index is 1.50. The predicted molar refractivity (Wildman–Crippen MR) is 117 cm³/mol. The van der Waals surface area contributed by atoms with Crippen LogP contribution in [-0.2, 0) is 13.0 Å². The van der Waals surface area contributed by atoms with Gasteiger partial charge in [-0.25, -0.2) is 4.79 Å². The van der Waals surface area contributed by atoms with Crippen LogP contribution in [0.2, 0.25) is 0 Å². The third-order valence-corrected chi connectivity index (χ3v) is 5.54. The first-order valence-corrected chi connectivity index (χ1v) is 9.97. The minimum Gasteiger partial charge on any atom is -0.358 e. The van der Waals surface area contributed by atoms with Crippen LogP contribution >= 0.6 is 0 Å². The van der Waals surface area contributed by atoms with Crippen LogP contribution < -0.4 is 10.6 Å². The van der Waals surface area contributed by atoms with Gasteiger partial charge in [-0.1, -0.05) is 0 Å². The molecule has 3 N–H and O–H groups in total. The number of fused-ring (bicyclic) bond motifs is 3. The van der Waals surface area contributed by atoms with E-state index in [0.717, 1.165) is 36.1 Å². The number of ketones is 1. The molecule has 0 radical (unpaired) electrons. The van der Waals surface area contributed by atoms with Gasteiger partial charge in [-0.2, -0.15) is 0 Å². The van der Waals surface area contributed by atoms with Gasteiger partial charge in [0.15, 0.2) is 5.78 Å². The number of H-pyrrole nitrogens is 1. The number of Topliss-reactive ketones (excluding diaryl/α,β-unsaturated/α-hetero) is 1. The number of carbonyl (C=O) groups excluding carboxylic acids is 2. The largest absolute Gasteiger partial charge is 0.358 e. The topological polar surface area (TPSA) is 77.2 Å². The van der Waals surface area contributed by atoms with E-state index in [0.29, 0.717) is 17.3 Å². The summed E-state index contributed by atoms with van der Waals surface area (Å²) in [6.45, 7) is 7.95. The lowest BCUT2D eigenvalue weighted by molar-refractivity contribution is 0.101. The predicted octanol–water partition coefficient (Wildman–Crippen LogP) is 4.78.